The van der Waals surface area contributed by atoms with Crippen molar-refractivity contribution in [2.45, 2.75) is 46.7 Å². The van der Waals surface area contributed by atoms with Crippen LogP contribution in [0.3, 0.4) is 0 Å². The van der Waals surface area contributed by atoms with Crippen LogP contribution in [0.25, 0.3) is 11.0 Å². The summed E-state index contributed by atoms with van der Waals surface area (Å²) in [5.41, 5.74) is 1.81. The zero-order valence-corrected chi connectivity index (χ0v) is 13.1. The van der Waals surface area contributed by atoms with Crippen LogP contribution in [-0.2, 0) is 13.0 Å². The summed E-state index contributed by atoms with van der Waals surface area (Å²) >= 11 is 0. The molecule has 114 valence electrons. The summed E-state index contributed by atoms with van der Waals surface area (Å²) in [7, 11) is 0. The van der Waals surface area contributed by atoms with Gasteiger partial charge in [0.05, 0.1) is 0 Å². The minimum absolute atomic E-state index is 0.175. The lowest BCUT2D eigenvalue weighted by atomic mass is 10.0. The van der Waals surface area contributed by atoms with Crippen LogP contribution in [0.1, 0.15) is 38.8 Å². The van der Waals surface area contributed by atoms with E-state index in [2.05, 4.69) is 26.1 Å². The van der Waals surface area contributed by atoms with Gasteiger partial charge in [-0.1, -0.05) is 20.8 Å². The Kier molecular flexibility index (Phi) is 4.68. The van der Waals surface area contributed by atoms with Crippen LogP contribution in [0.5, 0.6) is 5.75 Å². The van der Waals surface area contributed by atoms with Crippen LogP contribution in [0, 0.1) is 5.92 Å². The van der Waals surface area contributed by atoms with Gasteiger partial charge in [-0.3, -0.25) is 0 Å². The number of aryl methyl sites for hydroxylation is 1. The first-order valence-electron chi connectivity index (χ1n) is 7.44. The van der Waals surface area contributed by atoms with Gasteiger partial charge < -0.3 is 14.8 Å². The van der Waals surface area contributed by atoms with Crippen molar-refractivity contribution in [2.24, 2.45) is 5.92 Å². The summed E-state index contributed by atoms with van der Waals surface area (Å²) in [4.78, 5) is 11.7. The summed E-state index contributed by atoms with van der Waals surface area (Å²) in [6.45, 7) is 9.03. The van der Waals surface area contributed by atoms with Gasteiger partial charge in [0, 0.05) is 30.1 Å². The highest BCUT2D eigenvalue weighted by atomic mass is 16.4. The largest absolute Gasteiger partial charge is 0.508 e. The molecule has 21 heavy (non-hydrogen) atoms. The van der Waals surface area contributed by atoms with Crippen molar-refractivity contribution in [3.63, 3.8) is 0 Å². The number of aromatic hydroxyl groups is 1. The first-order valence-corrected chi connectivity index (χ1v) is 7.44. The van der Waals surface area contributed by atoms with E-state index >= 15 is 0 Å². The minimum Gasteiger partial charge on any atom is -0.508 e. The molecule has 4 heteroatoms. The molecule has 0 bridgehead atoms. The van der Waals surface area contributed by atoms with E-state index in [1.54, 1.807) is 0 Å². The molecule has 0 fully saturated rings. The predicted octanol–water partition coefficient (Wildman–Crippen LogP) is 3.20. The third kappa shape index (κ3) is 3.45. The SMILES string of the molecule is CCc1cc2c(CN[C@H](C)C(C)C)cc(=O)oc2cc1O. The van der Waals surface area contributed by atoms with Crippen LogP contribution >= 0.6 is 0 Å². The van der Waals surface area contributed by atoms with Crippen LogP contribution in [-0.4, -0.2) is 11.1 Å². The lowest BCUT2D eigenvalue weighted by Crippen LogP contribution is -2.30. The Balaban J connectivity index is 2.44. The number of nitrogens with one attached hydrogen (secondary N) is 1. The number of hydrogen-bond acceptors (Lipinski definition) is 4. The summed E-state index contributed by atoms with van der Waals surface area (Å²) in [6, 6.07) is 5.32. The summed E-state index contributed by atoms with van der Waals surface area (Å²) < 4.78 is 5.19. The summed E-state index contributed by atoms with van der Waals surface area (Å²) in [6.07, 6.45) is 0.732. The Hall–Kier alpha value is -1.81. The normalized spacial score (nSPS) is 13.0. The average Bonchev–Trinajstić information content (AvgIpc) is 2.43. The van der Waals surface area contributed by atoms with E-state index in [0.717, 1.165) is 22.9 Å². The van der Waals surface area contributed by atoms with Crippen molar-refractivity contribution in [2.75, 3.05) is 0 Å². The molecule has 0 saturated carbocycles. The smallest absolute Gasteiger partial charge is 0.336 e. The van der Waals surface area contributed by atoms with Crippen LogP contribution in [0.4, 0.5) is 0 Å². The van der Waals surface area contributed by atoms with E-state index in [9.17, 15) is 9.90 Å². The van der Waals surface area contributed by atoms with E-state index in [-0.39, 0.29) is 11.4 Å². The van der Waals surface area contributed by atoms with Gasteiger partial charge in [-0.15, -0.1) is 0 Å². The molecule has 0 aliphatic heterocycles. The van der Waals surface area contributed by atoms with Crippen molar-refractivity contribution < 1.29 is 9.52 Å². The second-order valence-electron chi connectivity index (χ2n) is 5.83. The van der Waals surface area contributed by atoms with Gasteiger partial charge in [0.1, 0.15) is 11.3 Å². The monoisotopic (exact) mass is 289 g/mol. The Morgan fingerprint density at radius 2 is 1.90 bits per heavy atom. The molecule has 1 aromatic heterocycles. The van der Waals surface area contributed by atoms with Gasteiger partial charge in [0.25, 0.3) is 0 Å². The molecule has 0 saturated heterocycles. The van der Waals surface area contributed by atoms with Crippen molar-refractivity contribution in [3.8, 4) is 5.75 Å². The van der Waals surface area contributed by atoms with Gasteiger partial charge in [0.15, 0.2) is 0 Å². The number of rotatable bonds is 5. The highest BCUT2D eigenvalue weighted by Gasteiger charge is 2.12. The summed E-state index contributed by atoms with van der Waals surface area (Å²) in [5.74, 6) is 0.695. The quantitative estimate of drug-likeness (QED) is 0.830. The zero-order chi connectivity index (χ0) is 15.6. The average molecular weight is 289 g/mol. The van der Waals surface area contributed by atoms with Crippen molar-refractivity contribution >= 4 is 11.0 Å². The maximum atomic E-state index is 11.7. The molecule has 4 nitrogen and oxygen atoms in total. The number of phenolic OH excluding ortho intramolecular Hbond substituents is 1. The highest BCUT2D eigenvalue weighted by Crippen LogP contribution is 2.27. The van der Waals surface area contributed by atoms with E-state index in [4.69, 9.17) is 4.42 Å². The molecule has 2 rings (SSSR count). The van der Waals surface area contributed by atoms with Gasteiger partial charge >= 0.3 is 5.63 Å². The number of phenols is 1. The van der Waals surface area contributed by atoms with Gasteiger partial charge in [-0.2, -0.15) is 0 Å². The molecule has 0 unspecified atom stereocenters. The first kappa shape index (κ1) is 15.6. The van der Waals surface area contributed by atoms with Crippen molar-refractivity contribution in [1.82, 2.24) is 5.32 Å². The third-order valence-electron chi connectivity index (χ3n) is 4.02. The van der Waals surface area contributed by atoms with Gasteiger partial charge in [0.2, 0.25) is 0 Å². The lowest BCUT2D eigenvalue weighted by molar-refractivity contribution is 0.426. The molecular weight excluding hydrogens is 266 g/mol. The molecular formula is C17H23NO3. The Bertz CT molecular complexity index is 688. The standard InChI is InChI=1S/C17H23NO3/c1-5-12-6-14-13(9-18-11(4)10(2)3)7-17(20)21-16(14)8-15(12)19/h6-8,10-11,18-19H,5,9H2,1-4H3/t11-/m1/s1. The molecule has 2 N–H and O–H groups in total. The molecule has 1 aromatic carbocycles. The summed E-state index contributed by atoms with van der Waals surface area (Å²) in [5, 5.41) is 14.2. The molecule has 0 aliphatic rings. The van der Waals surface area contributed by atoms with Crippen molar-refractivity contribution in [1.29, 1.82) is 0 Å². The molecule has 1 atom stereocenters. The topological polar surface area (TPSA) is 62.5 Å². The number of hydrogen-bond donors (Lipinski definition) is 2. The minimum atomic E-state index is -0.389. The fourth-order valence-electron chi connectivity index (χ4n) is 2.24. The highest BCUT2D eigenvalue weighted by molar-refractivity contribution is 5.82. The number of fused-ring (bicyclic) bond motifs is 1. The Labute approximate surface area is 124 Å². The maximum Gasteiger partial charge on any atom is 0.336 e. The maximum absolute atomic E-state index is 11.7. The Morgan fingerprint density at radius 1 is 1.19 bits per heavy atom. The van der Waals surface area contributed by atoms with Crippen LogP contribution < -0.4 is 10.9 Å². The zero-order valence-electron chi connectivity index (χ0n) is 13.1. The fourth-order valence-corrected chi connectivity index (χ4v) is 2.24. The predicted molar refractivity (Wildman–Crippen MR) is 84.7 cm³/mol. The molecule has 0 aliphatic carbocycles. The van der Waals surface area contributed by atoms with E-state index in [0.29, 0.717) is 24.1 Å². The molecule has 0 radical (unpaired) electrons. The van der Waals surface area contributed by atoms with Crippen LogP contribution in [0.2, 0.25) is 0 Å². The van der Waals surface area contributed by atoms with E-state index in [1.165, 1.54) is 12.1 Å². The molecule has 1 heterocycles. The van der Waals surface area contributed by atoms with E-state index < -0.39 is 0 Å². The number of benzene rings is 1. The van der Waals surface area contributed by atoms with Crippen LogP contribution in [0.15, 0.2) is 27.4 Å². The first-order chi connectivity index (χ1) is 9.92. The van der Waals surface area contributed by atoms with Gasteiger partial charge in [-0.05, 0) is 36.5 Å². The molecule has 2 aromatic rings. The third-order valence-corrected chi connectivity index (χ3v) is 4.02. The van der Waals surface area contributed by atoms with E-state index in [1.807, 2.05) is 13.0 Å². The molecule has 0 amide bonds. The Morgan fingerprint density at radius 3 is 2.52 bits per heavy atom. The second kappa shape index (κ2) is 6.31. The second-order valence-corrected chi connectivity index (χ2v) is 5.83. The fraction of sp³-hybridized carbons (Fsp3) is 0.471. The molecule has 0 spiro atoms. The van der Waals surface area contributed by atoms with Gasteiger partial charge in [-0.25, -0.2) is 4.79 Å². The lowest BCUT2D eigenvalue weighted by Gasteiger charge is -2.18. The van der Waals surface area contributed by atoms with Crippen molar-refractivity contribution in [3.05, 3.63) is 39.7 Å².